The number of hydrogen-bond donors (Lipinski definition) is 2. The lowest BCUT2D eigenvalue weighted by Crippen LogP contribution is -2.28. The summed E-state index contributed by atoms with van der Waals surface area (Å²) >= 11 is 1.60. The van der Waals surface area contributed by atoms with E-state index in [1.54, 1.807) is 18.4 Å². The summed E-state index contributed by atoms with van der Waals surface area (Å²) in [5.41, 5.74) is 8.19. The second-order valence-electron chi connectivity index (χ2n) is 5.14. The topological polar surface area (TPSA) is 81.6 Å². The van der Waals surface area contributed by atoms with Gasteiger partial charge in [0.05, 0.1) is 18.2 Å². The van der Waals surface area contributed by atoms with E-state index >= 15 is 0 Å². The first-order chi connectivity index (χ1) is 11.2. The molecule has 0 spiro atoms. The molecule has 1 unspecified atom stereocenters. The number of rotatable bonds is 6. The highest BCUT2D eigenvalue weighted by Gasteiger charge is 2.12. The second kappa shape index (κ2) is 6.91. The summed E-state index contributed by atoms with van der Waals surface area (Å²) in [4.78, 5) is 17.4. The summed E-state index contributed by atoms with van der Waals surface area (Å²) in [5, 5.41) is 4.84. The maximum Gasteiger partial charge on any atom is 0.227 e. The summed E-state index contributed by atoms with van der Waals surface area (Å²) in [6.45, 7) is 0.320. The van der Waals surface area contributed by atoms with Gasteiger partial charge in [0.2, 0.25) is 5.91 Å². The smallest absolute Gasteiger partial charge is 0.227 e. The van der Waals surface area contributed by atoms with E-state index in [-0.39, 0.29) is 18.4 Å². The number of benzene rings is 1. The molecule has 0 saturated carbocycles. The zero-order valence-electron chi connectivity index (χ0n) is 12.7. The number of thiazole rings is 1. The van der Waals surface area contributed by atoms with Crippen LogP contribution in [0, 0.1) is 0 Å². The largest absolute Gasteiger partial charge is 0.380 e. The van der Waals surface area contributed by atoms with Crippen molar-refractivity contribution in [1.82, 2.24) is 9.38 Å². The molecule has 23 heavy (non-hydrogen) atoms. The highest BCUT2D eigenvalue weighted by molar-refractivity contribution is 7.15. The SMILES string of the molecule is COC(CN)CC(=O)Nc1ccc(-c2cn3ccsc3n2)cc1. The molecule has 0 radical (unpaired) electrons. The monoisotopic (exact) mass is 330 g/mol. The quantitative estimate of drug-likeness (QED) is 0.727. The van der Waals surface area contributed by atoms with Crippen LogP contribution in [0.4, 0.5) is 5.69 Å². The number of ether oxygens (including phenoxy) is 1. The van der Waals surface area contributed by atoms with Crippen molar-refractivity contribution in [2.75, 3.05) is 19.0 Å². The fourth-order valence-corrected chi connectivity index (χ4v) is 2.97. The molecule has 6 nitrogen and oxygen atoms in total. The van der Waals surface area contributed by atoms with Crippen LogP contribution in [0.25, 0.3) is 16.2 Å². The summed E-state index contributed by atoms with van der Waals surface area (Å²) in [5.74, 6) is -0.113. The Morgan fingerprint density at radius 2 is 2.22 bits per heavy atom. The van der Waals surface area contributed by atoms with Gasteiger partial charge >= 0.3 is 0 Å². The number of carbonyl (C=O) groups excluding carboxylic acids is 1. The van der Waals surface area contributed by atoms with E-state index in [1.807, 2.05) is 46.4 Å². The zero-order chi connectivity index (χ0) is 16.2. The van der Waals surface area contributed by atoms with E-state index < -0.39 is 0 Å². The van der Waals surface area contributed by atoms with E-state index in [9.17, 15) is 4.79 Å². The van der Waals surface area contributed by atoms with Gasteiger partial charge in [0.25, 0.3) is 0 Å². The number of carbonyl (C=O) groups is 1. The molecule has 0 bridgehead atoms. The summed E-state index contributed by atoms with van der Waals surface area (Å²) in [6, 6.07) is 7.62. The number of imidazole rings is 1. The number of anilines is 1. The van der Waals surface area contributed by atoms with Gasteiger partial charge in [-0.3, -0.25) is 9.20 Å². The molecule has 3 aromatic rings. The molecule has 0 saturated heterocycles. The summed E-state index contributed by atoms with van der Waals surface area (Å²) < 4.78 is 7.10. The molecule has 0 aliphatic heterocycles. The standard InChI is InChI=1S/C16H18N4O2S/c1-22-13(9-17)8-15(21)18-12-4-2-11(3-5-12)14-10-20-6-7-23-16(20)19-14/h2-7,10,13H,8-9,17H2,1H3,(H,18,21). The van der Waals surface area contributed by atoms with Crippen molar-refractivity contribution in [3.05, 3.63) is 42.0 Å². The average molecular weight is 330 g/mol. The molecule has 7 heteroatoms. The fraction of sp³-hybridized carbons (Fsp3) is 0.250. The number of methoxy groups -OCH3 is 1. The minimum atomic E-state index is -0.257. The van der Waals surface area contributed by atoms with Gasteiger partial charge in [0, 0.05) is 42.7 Å². The number of aromatic nitrogens is 2. The van der Waals surface area contributed by atoms with Gasteiger partial charge in [-0.25, -0.2) is 4.98 Å². The number of nitrogens with one attached hydrogen (secondary N) is 1. The maximum absolute atomic E-state index is 11.9. The zero-order valence-corrected chi connectivity index (χ0v) is 13.5. The first-order valence-electron chi connectivity index (χ1n) is 7.25. The molecule has 0 fully saturated rings. The van der Waals surface area contributed by atoms with Crippen molar-refractivity contribution in [2.45, 2.75) is 12.5 Å². The van der Waals surface area contributed by atoms with Crippen molar-refractivity contribution < 1.29 is 9.53 Å². The van der Waals surface area contributed by atoms with Crippen LogP contribution >= 0.6 is 11.3 Å². The van der Waals surface area contributed by atoms with Crippen molar-refractivity contribution in [2.24, 2.45) is 5.73 Å². The molecule has 3 rings (SSSR count). The van der Waals surface area contributed by atoms with Crippen molar-refractivity contribution in [3.8, 4) is 11.3 Å². The predicted molar refractivity (Wildman–Crippen MR) is 91.6 cm³/mol. The molecular formula is C16H18N4O2S. The van der Waals surface area contributed by atoms with Crippen LogP contribution in [0.15, 0.2) is 42.0 Å². The molecule has 0 aliphatic carbocycles. The lowest BCUT2D eigenvalue weighted by atomic mass is 10.1. The lowest BCUT2D eigenvalue weighted by Gasteiger charge is -2.12. The van der Waals surface area contributed by atoms with Gasteiger partial charge in [-0.2, -0.15) is 0 Å². The third-order valence-electron chi connectivity index (χ3n) is 3.57. The van der Waals surface area contributed by atoms with Gasteiger partial charge in [0.1, 0.15) is 0 Å². The van der Waals surface area contributed by atoms with E-state index in [0.29, 0.717) is 6.54 Å². The Morgan fingerprint density at radius 1 is 1.43 bits per heavy atom. The van der Waals surface area contributed by atoms with Crippen LogP contribution in [0.2, 0.25) is 0 Å². The van der Waals surface area contributed by atoms with Crippen LogP contribution < -0.4 is 11.1 Å². The number of nitrogens with zero attached hydrogens (tertiary/aromatic N) is 2. The van der Waals surface area contributed by atoms with E-state index in [4.69, 9.17) is 10.5 Å². The van der Waals surface area contributed by atoms with Crippen LogP contribution in [-0.4, -0.2) is 35.1 Å². The van der Waals surface area contributed by atoms with Crippen LogP contribution in [0.5, 0.6) is 0 Å². The first-order valence-corrected chi connectivity index (χ1v) is 8.13. The van der Waals surface area contributed by atoms with Gasteiger partial charge in [-0.1, -0.05) is 12.1 Å². The molecular weight excluding hydrogens is 312 g/mol. The lowest BCUT2D eigenvalue weighted by molar-refractivity contribution is -0.118. The fourth-order valence-electron chi connectivity index (χ4n) is 2.27. The Morgan fingerprint density at radius 3 is 2.87 bits per heavy atom. The minimum absolute atomic E-state index is 0.113. The molecule has 0 aliphatic rings. The van der Waals surface area contributed by atoms with Crippen molar-refractivity contribution in [3.63, 3.8) is 0 Å². The van der Waals surface area contributed by atoms with Gasteiger partial charge in [0.15, 0.2) is 4.96 Å². The first kappa shape index (κ1) is 15.7. The Kier molecular flexibility index (Phi) is 4.71. The maximum atomic E-state index is 11.9. The Balaban J connectivity index is 1.67. The van der Waals surface area contributed by atoms with Crippen LogP contribution in [0.3, 0.4) is 0 Å². The molecule has 3 N–H and O–H groups in total. The van der Waals surface area contributed by atoms with Gasteiger partial charge in [-0.05, 0) is 12.1 Å². The summed E-state index contributed by atoms with van der Waals surface area (Å²) in [6.07, 6.45) is 3.96. The number of fused-ring (bicyclic) bond motifs is 1. The van der Waals surface area contributed by atoms with Gasteiger partial charge < -0.3 is 15.8 Å². The predicted octanol–water partition coefficient (Wildman–Crippen LogP) is 2.37. The van der Waals surface area contributed by atoms with E-state index in [2.05, 4.69) is 10.3 Å². The second-order valence-corrected chi connectivity index (χ2v) is 6.02. The van der Waals surface area contributed by atoms with Gasteiger partial charge in [-0.15, -0.1) is 11.3 Å². The van der Waals surface area contributed by atoms with Crippen molar-refractivity contribution >= 4 is 27.9 Å². The highest BCUT2D eigenvalue weighted by atomic mass is 32.1. The Labute approximate surface area is 137 Å². The number of amides is 1. The van der Waals surface area contributed by atoms with Crippen LogP contribution in [0.1, 0.15) is 6.42 Å². The Hall–Kier alpha value is -2.22. The van der Waals surface area contributed by atoms with E-state index in [0.717, 1.165) is 21.9 Å². The average Bonchev–Trinajstić information content (AvgIpc) is 3.15. The molecule has 1 amide bonds. The Bertz CT molecular complexity index is 761. The molecule has 2 aromatic heterocycles. The molecule has 1 aromatic carbocycles. The summed E-state index contributed by atoms with van der Waals surface area (Å²) in [7, 11) is 1.55. The molecule has 120 valence electrons. The van der Waals surface area contributed by atoms with Crippen molar-refractivity contribution in [1.29, 1.82) is 0 Å². The number of hydrogen-bond acceptors (Lipinski definition) is 5. The third kappa shape index (κ3) is 3.58. The molecule has 2 heterocycles. The minimum Gasteiger partial charge on any atom is -0.380 e. The third-order valence-corrected chi connectivity index (χ3v) is 4.34. The highest BCUT2D eigenvalue weighted by Crippen LogP contribution is 2.23. The van der Waals surface area contributed by atoms with E-state index in [1.165, 1.54) is 0 Å². The number of nitrogens with two attached hydrogens (primary N) is 1. The normalized spacial score (nSPS) is 12.4. The van der Waals surface area contributed by atoms with Crippen LogP contribution in [-0.2, 0) is 9.53 Å². The molecule has 1 atom stereocenters.